The van der Waals surface area contributed by atoms with E-state index in [1.165, 1.54) is 11.3 Å². The molecule has 28 heavy (non-hydrogen) atoms. The summed E-state index contributed by atoms with van der Waals surface area (Å²) in [5.41, 5.74) is 2.03. The first-order chi connectivity index (χ1) is 13.6. The van der Waals surface area contributed by atoms with E-state index in [9.17, 15) is 9.59 Å². The van der Waals surface area contributed by atoms with Crippen LogP contribution in [0.5, 0.6) is 0 Å². The van der Waals surface area contributed by atoms with E-state index in [2.05, 4.69) is 17.2 Å². The van der Waals surface area contributed by atoms with Gasteiger partial charge in [-0.2, -0.15) is 5.10 Å². The quantitative estimate of drug-likeness (QED) is 0.617. The number of esters is 1. The Balaban J connectivity index is 1.46. The van der Waals surface area contributed by atoms with Crippen LogP contribution >= 0.6 is 11.3 Å². The van der Waals surface area contributed by atoms with Crippen molar-refractivity contribution in [2.75, 3.05) is 19.7 Å². The molecule has 0 atom stereocenters. The molecule has 1 aliphatic rings. The van der Waals surface area contributed by atoms with Gasteiger partial charge in [0.1, 0.15) is 9.71 Å². The van der Waals surface area contributed by atoms with E-state index >= 15 is 0 Å². The third-order valence-corrected chi connectivity index (χ3v) is 6.15. The number of carbonyl (C=O) groups is 2. The van der Waals surface area contributed by atoms with Gasteiger partial charge >= 0.3 is 5.97 Å². The van der Waals surface area contributed by atoms with Crippen LogP contribution in [0.3, 0.4) is 0 Å². The lowest BCUT2D eigenvalue weighted by molar-refractivity contribution is -0.135. The van der Waals surface area contributed by atoms with Gasteiger partial charge in [0.2, 0.25) is 0 Å². The van der Waals surface area contributed by atoms with Crippen molar-refractivity contribution in [3.05, 3.63) is 52.5 Å². The number of thiophene rings is 1. The minimum Gasteiger partial charge on any atom is -0.451 e. The Kier molecular flexibility index (Phi) is 5.43. The van der Waals surface area contributed by atoms with Gasteiger partial charge in [-0.3, -0.25) is 9.48 Å². The third kappa shape index (κ3) is 3.94. The Hall–Kier alpha value is -2.67. The molecule has 1 saturated heterocycles. The lowest BCUT2D eigenvalue weighted by atomic mass is 10.1. The summed E-state index contributed by atoms with van der Waals surface area (Å²) in [4.78, 5) is 27.9. The number of piperidine rings is 1. The average Bonchev–Trinajstić information content (AvgIpc) is 3.29. The van der Waals surface area contributed by atoms with Gasteiger partial charge in [-0.15, -0.1) is 11.3 Å². The molecule has 2 aromatic heterocycles. The lowest BCUT2D eigenvalue weighted by Gasteiger charge is -2.26. The molecule has 146 valence electrons. The summed E-state index contributed by atoms with van der Waals surface area (Å²) in [5, 5.41) is 5.55. The van der Waals surface area contributed by atoms with E-state index in [1.54, 1.807) is 4.90 Å². The molecule has 4 rings (SSSR count). The molecular weight excluding hydrogens is 374 g/mol. The Morgan fingerprint density at radius 2 is 1.89 bits per heavy atom. The summed E-state index contributed by atoms with van der Waals surface area (Å²) in [6.45, 7) is 3.91. The van der Waals surface area contributed by atoms with Gasteiger partial charge in [0.15, 0.2) is 6.61 Å². The number of likely N-dealkylation sites (tertiary alicyclic amines) is 1. The minimum absolute atomic E-state index is 0.111. The Morgan fingerprint density at radius 1 is 1.14 bits per heavy atom. The Bertz CT molecular complexity index is 987. The number of benzene rings is 1. The van der Waals surface area contributed by atoms with E-state index in [0.717, 1.165) is 53.8 Å². The van der Waals surface area contributed by atoms with E-state index in [4.69, 9.17) is 4.74 Å². The smallest absolute Gasteiger partial charge is 0.348 e. The summed E-state index contributed by atoms with van der Waals surface area (Å²) in [6.07, 6.45) is 3.20. The second-order valence-corrected chi connectivity index (χ2v) is 8.11. The third-order valence-electron chi connectivity index (χ3n) is 5.02. The summed E-state index contributed by atoms with van der Waals surface area (Å²) < 4.78 is 7.21. The summed E-state index contributed by atoms with van der Waals surface area (Å²) in [5.74, 6) is -0.558. The molecular formula is C21H23N3O3S. The Labute approximate surface area is 167 Å². The maximum atomic E-state index is 12.5. The van der Waals surface area contributed by atoms with Crippen molar-refractivity contribution in [2.45, 2.75) is 32.7 Å². The topological polar surface area (TPSA) is 64.4 Å². The fourth-order valence-electron chi connectivity index (χ4n) is 3.51. The number of fused-ring (bicyclic) bond motifs is 1. The van der Waals surface area contributed by atoms with Gasteiger partial charge < -0.3 is 9.64 Å². The average molecular weight is 398 g/mol. The number of nitrogens with zero attached hydrogens (tertiary/aromatic N) is 3. The van der Waals surface area contributed by atoms with E-state index < -0.39 is 5.97 Å². The number of hydrogen-bond donors (Lipinski definition) is 0. The molecule has 1 aromatic carbocycles. The molecule has 3 aromatic rings. The van der Waals surface area contributed by atoms with Crippen molar-refractivity contribution in [2.24, 2.45) is 0 Å². The maximum absolute atomic E-state index is 12.5. The van der Waals surface area contributed by atoms with Crippen LogP contribution < -0.4 is 0 Å². The predicted molar refractivity (Wildman–Crippen MR) is 109 cm³/mol. The molecule has 0 saturated carbocycles. The number of amides is 1. The largest absolute Gasteiger partial charge is 0.451 e. The zero-order valence-corrected chi connectivity index (χ0v) is 16.7. The van der Waals surface area contributed by atoms with E-state index in [0.29, 0.717) is 11.4 Å². The number of ether oxygens (including phenoxy) is 1. The second-order valence-electron chi connectivity index (χ2n) is 7.08. The van der Waals surface area contributed by atoms with Crippen LogP contribution in [0.25, 0.3) is 10.2 Å². The maximum Gasteiger partial charge on any atom is 0.348 e. The minimum atomic E-state index is -0.447. The standard InChI is InChI=1S/C21H23N3O3S/c1-15-17-12-18(21(26)27-14-19(25)23-10-6-3-7-11-23)28-20(17)24(22-15)13-16-8-4-2-5-9-16/h2,4-5,8-9,12H,3,6-7,10-11,13-14H2,1H3. The Morgan fingerprint density at radius 3 is 2.64 bits per heavy atom. The molecule has 7 heteroatoms. The monoisotopic (exact) mass is 397 g/mol. The van der Waals surface area contributed by atoms with Crippen molar-refractivity contribution in [3.8, 4) is 0 Å². The van der Waals surface area contributed by atoms with Gasteiger partial charge in [0.05, 0.1) is 12.2 Å². The van der Waals surface area contributed by atoms with Crippen LogP contribution in [0.2, 0.25) is 0 Å². The number of hydrogen-bond acceptors (Lipinski definition) is 5. The van der Waals surface area contributed by atoms with Crippen LogP contribution in [0.1, 0.15) is 40.2 Å². The van der Waals surface area contributed by atoms with Crippen molar-refractivity contribution >= 4 is 33.4 Å². The first kappa shape index (κ1) is 18.7. The summed E-state index contributed by atoms with van der Waals surface area (Å²) in [6, 6.07) is 11.9. The molecule has 3 heterocycles. The fourth-order valence-corrected chi connectivity index (χ4v) is 4.56. The molecule has 0 radical (unpaired) electrons. The van der Waals surface area contributed by atoms with Gasteiger partial charge in [-0.25, -0.2) is 4.79 Å². The molecule has 0 aliphatic carbocycles. The molecule has 0 spiro atoms. The molecule has 1 amide bonds. The molecule has 0 bridgehead atoms. The number of carbonyl (C=O) groups excluding carboxylic acids is 2. The van der Waals surface area contributed by atoms with Crippen molar-refractivity contribution < 1.29 is 14.3 Å². The van der Waals surface area contributed by atoms with Crippen LogP contribution in [-0.4, -0.2) is 46.3 Å². The number of aryl methyl sites for hydroxylation is 1. The van der Waals surface area contributed by atoms with Gasteiger partial charge in [0, 0.05) is 18.5 Å². The molecule has 0 unspecified atom stereocenters. The van der Waals surface area contributed by atoms with Crippen LogP contribution in [0.15, 0.2) is 36.4 Å². The highest BCUT2D eigenvalue weighted by Crippen LogP contribution is 2.29. The first-order valence-corrected chi connectivity index (χ1v) is 10.4. The summed E-state index contributed by atoms with van der Waals surface area (Å²) >= 11 is 1.36. The fraction of sp³-hybridized carbons (Fsp3) is 0.381. The van der Waals surface area contributed by atoms with Gasteiger partial charge in [-0.1, -0.05) is 30.3 Å². The zero-order chi connectivity index (χ0) is 19.5. The molecule has 1 fully saturated rings. The van der Waals surface area contributed by atoms with Crippen molar-refractivity contribution in [3.63, 3.8) is 0 Å². The van der Waals surface area contributed by atoms with Crippen LogP contribution in [0.4, 0.5) is 0 Å². The lowest BCUT2D eigenvalue weighted by Crippen LogP contribution is -2.38. The van der Waals surface area contributed by atoms with Crippen molar-refractivity contribution in [1.82, 2.24) is 14.7 Å². The van der Waals surface area contributed by atoms with Crippen molar-refractivity contribution in [1.29, 1.82) is 0 Å². The number of aromatic nitrogens is 2. The molecule has 6 nitrogen and oxygen atoms in total. The van der Waals surface area contributed by atoms with Gasteiger partial charge in [0.25, 0.3) is 5.91 Å². The molecule has 0 N–H and O–H groups in total. The van der Waals surface area contributed by atoms with Crippen LogP contribution in [0, 0.1) is 6.92 Å². The predicted octanol–water partition coefficient (Wildman–Crippen LogP) is 3.62. The van der Waals surface area contributed by atoms with E-state index in [1.807, 2.05) is 35.9 Å². The second kappa shape index (κ2) is 8.14. The van der Waals surface area contributed by atoms with E-state index in [-0.39, 0.29) is 12.5 Å². The highest BCUT2D eigenvalue weighted by atomic mass is 32.1. The number of rotatable bonds is 5. The normalized spacial score (nSPS) is 14.4. The van der Waals surface area contributed by atoms with Crippen LogP contribution in [-0.2, 0) is 16.1 Å². The SMILES string of the molecule is Cc1nn(Cc2ccccc2)c2sc(C(=O)OCC(=O)N3CCCCC3)cc12. The first-order valence-electron chi connectivity index (χ1n) is 9.57. The highest BCUT2D eigenvalue weighted by Gasteiger charge is 2.21. The summed E-state index contributed by atoms with van der Waals surface area (Å²) in [7, 11) is 0. The highest BCUT2D eigenvalue weighted by molar-refractivity contribution is 7.20. The zero-order valence-electron chi connectivity index (χ0n) is 15.9. The van der Waals surface area contributed by atoms with Gasteiger partial charge in [-0.05, 0) is 37.8 Å². The molecule has 1 aliphatic heterocycles.